The number of hydrogen-bond acceptors (Lipinski definition) is 3. The minimum Gasteiger partial charge on any atom is -0.493 e. The Bertz CT molecular complexity index is 755. The Morgan fingerprint density at radius 3 is 3.08 bits per heavy atom. The van der Waals surface area contributed by atoms with Crippen LogP contribution in [0.25, 0.3) is 0 Å². The maximum atomic E-state index is 12.9. The fraction of sp³-hybridized carbons (Fsp3) is 0.500. The molecule has 132 valence electrons. The Morgan fingerprint density at radius 2 is 2.24 bits per heavy atom. The lowest BCUT2D eigenvalue weighted by atomic mass is 9.89. The van der Waals surface area contributed by atoms with E-state index in [2.05, 4.69) is 22.3 Å². The molecule has 0 spiro atoms. The molecule has 1 aromatic carbocycles. The van der Waals surface area contributed by atoms with E-state index >= 15 is 0 Å². The molecule has 5 nitrogen and oxygen atoms in total. The highest BCUT2D eigenvalue weighted by Crippen LogP contribution is 2.36. The van der Waals surface area contributed by atoms with Gasteiger partial charge in [-0.2, -0.15) is 5.10 Å². The van der Waals surface area contributed by atoms with Gasteiger partial charge in [-0.1, -0.05) is 18.2 Å². The van der Waals surface area contributed by atoms with E-state index < -0.39 is 0 Å². The molecule has 5 heteroatoms. The van der Waals surface area contributed by atoms with Gasteiger partial charge in [0.15, 0.2) is 0 Å². The van der Waals surface area contributed by atoms with Crippen LogP contribution in [0.5, 0.6) is 5.75 Å². The minimum atomic E-state index is 0.263. The molecule has 1 aromatic heterocycles. The number of piperidine rings is 1. The number of amides is 1. The van der Waals surface area contributed by atoms with E-state index in [9.17, 15) is 4.79 Å². The number of H-pyrrole nitrogens is 1. The molecule has 1 amide bonds. The molecule has 0 aliphatic carbocycles. The molecule has 1 saturated heterocycles. The summed E-state index contributed by atoms with van der Waals surface area (Å²) < 4.78 is 5.72. The summed E-state index contributed by atoms with van der Waals surface area (Å²) in [6.07, 6.45) is 3.64. The number of fused-ring (bicyclic) bond motifs is 1. The van der Waals surface area contributed by atoms with Crippen LogP contribution < -0.4 is 4.74 Å². The van der Waals surface area contributed by atoms with Crippen molar-refractivity contribution in [1.29, 1.82) is 0 Å². The molecule has 4 rings (SSSR count). The normalized spacial score (nSPS) is 23.0. The molecule has 25 heavy (non-hydrogen) atoms. The second kappa shape index (κ2) is 6.90. The Labute approximate surface area is 148 Å². The molecular weight excluding hydrogens is 314 g/mol. The number of aromatic amines is 1. The number of rotatable bonds is 3. The van der Waals surface area contributed by atoms with Crippen LogP contribution in [0.3, 0.4) is 0 Å². The highest BCUT2D eigenvalue weighted by molar-refractivity contribution is 5.77. The van der Waals surface area contributed by atoms with Gasteiger partial charge in [0.1, 0.15) is 5.75 Å². The SMILES string of the molecule is Cc1cc([C@H]2CCCN(C(=O)C[C@H]3CCOc4ccccc43)C2)n[nH]1. The summed E-state index contributed by atoms with van der Waals surface area (Å²) >= 11 is 0. The first kappa shape index (κ1) is 16.2. The van der Waals surface area contributed by atoms with Gasteiger partial charge in [0.2, 0.25) is 5.91 Å². The minimum absolute atomic E-state index is 0.263. The van der Waals surface area contributed by atoms with Crippen molar-refractivity contribution in [3.8, 4) is 5.75 Å². The van der Waals surface area contributed by atoms with Crippen LogP contribution in [0.1, 0.15) is 54.5 Å². The van der Waals surface area contributed by atoms with Crippen molar-refractivity contribution in [1.82, 2.24) is 15.1 Å². The third-order valence-electron chi connectivity index (χ3n) is 5.42. The summed E-state index contributed by atoms with van der Waals surface area (Å²) in [5, 5.41) is 7.42. The van der Waals surface area contributed by atoms with Gasteiger partial charge in [-0.25, -0.2) is 0 Å². The first-order chi connectivity index (χ1) is 12.2. The van der Waals surface area contributed by atoms with Crippen molar-refractivity contribution in [2.24, 2.45) is 0 Å². The Hall–Kier alpha value is -2.30. The number of nitrogens with zero attached hydrogens (tertiary/aromatic N) is 2. The van der Waals surface area contributed by atoms with E-state index in [4.69, 9.17) is 4.74 Å². The molecule has 0 radical (unpaired) electrons. The summed E-state index contributed by atoms with van der Waals surface area (Å²) in [5.74, 6) is 1.82. The second-order valence-corrected chi connectivity index (χ2v) is 7.23. The van der Waals surface area contributed by atoms with Crippen LogP contribution in [-0.2, 0) is 4.79 Å². The van der Waals surface area contributed by atoms with Crippen molar-refractivity contribution in [3.05, 3.63) is 47.3 Å². The molecular formula is C20H25N3O2. The van der Waals surface area contributed by atoms with Gasteiger partial charge in [0.05, 0.1) is 12.3 Å². The summed E-state index contributed by atoms with van der Waals surface area (Å²) in [6, 6.07) is 10.2. The van der Waals surface area contributed by atoms with Crippen LogP contribution in [0.2, 0.25) is 0 Å². The zero-order chi connectivity index (χ0) is 17.2. The van der Waals surface area contributed by atoms with Crippen LogP contribution in [0, 0.1) is 6.92 Å². The van der Waals surface area contributed by atoms with Gasteiger partial charge in [-0.15, -0.1) is 0 Å². The molecule has 0 bridgehead atoms. The summed E-state index contributed by atoms with van der Waals surface area (Å²) in [6.45, 7) is 4.37. The van der Waals surface area contributed by atoms with Crippen LogP contribution >= 0.6 is 0 Å². The average molecular weight is 339 g/mol. The molecule has 2 atom stereocenters. The van der Waals surface area contributed by atoms with Gasteiger partial charge < -0.3 is 9.64 Å². The Balaban J connectivity index is 1.43. The lowest BCUT2D eigenvalue weighted by Crippen LogP contribution is -2.40. The molecule has 3 heterocycles. The van der Waals surface area contributed by atoms with Crippen molar-refractivity contribution in [2.75, 3.05) is 19.7 Å². The van der Waals surface area contributed by atoms with E-state index in [0.29, 0.717) is 18.9 Å². The summed E-state index contributed by atoms with van der Waals surface area (Å²) in [7, 11) is 0. The van der Waals surface area contributed by atoms with Gasteiger partial charge in [0.25, 0.3) is 0 Å². The monoisotopic (exact) mass is 339 g/mol. The number of likely N-dealkylation sites (tertiary alicyclic amines) is 1. The number of benzene rings is 1. The average Bonchev–Trinajstić information content (AvgIpc) is 3.09. The zero-order valence-corrected chi connectivity index (χ0v) is 14.7. The van der Waals surface area contributed by atoms with Gasteiger partial charge in [-0.3, -0.25) is 9.89 Å². The highest BCUT2D eigenvalue weighted by atomic mass is 16.5. The maximum Gasteiger partial charge on any atom is 0.223 e. The van der Waals surface area contributed by atoms with E-state index in [1.807, 2.05) is 30.0 Å². The topological polar surface area (TPSA) is 58.2 Å². The molecule has 2 aliphatic rings. The predicted octanol–water partition coefficient (Wildman–Crippen LogP) is 3.38. The van der Waals surface area contributed by atoms with Crippen molar-refractivity contribution in [3.63, 3.8) is 0 Å². The third kappa shape index (κ3) is 3.41. The molecule has 2 aliphatic heterocycles. The van der Waals surface area contributed by atoms with Crippen molar-refractivity contribution >= 4 is 5.91 Å². The van der Waals surface area contributed by atoms with E-state index in [0.717, 1.165) is 49.5 Å². The van der Waals surface area contributed by atoms with Gasteiger partial charge >= 0.3 is 0 Å². The van der Waals surface area contributed by atoms with E-state index in [-0.39, 0.29) is 11.8 Å². The fourth-order valence-corrected chi connectivity index (χ4v) is 4.06. The number of ether oxygens (including phenoxy) is 1. The standard InChI is InChI=1S/C20H25N3O2/c1-14-11-18(22-21-14)16-5-4-9-23(13-16)20(24)12-15-8-10-25-19-7-3-2-6-17(15)19/h2-3,6-7,11,15-16H,4-5,8-10,12-13H2,1H3,(H,21,22)/t15-,16+/m1/s1. The van der Waals surface area contributed by atoms with Crippen LogP contribution in [0.4, 0.5) is 0 Å². The largest absolute Gasteiger partial charge is 0.493 e. The molecule has 0 saturated carbocycles. The molecule has 1 N–H and O–H groups in total. The number of para-hydroxylation sites is 1. The summed E-state index contributed by atoms with van der Waals surface area (Å²) in [4.78, 5) is 15.0. The molecule has 1 fully saturated rings. The molecule has 0 unspecified atom stereocenters. The van der Waals surface area contributed by atoms with Crippen molar-refractivity contribution < 1.29 is 9.53 Å². The third-order valence-corrected chi connectivity index (χ3v) is 5.42. The van der Waals surface area contributed by atoms with Crippen molar-refractivity contribution in [2.45, 2.75) is 44.4 Å². The number of carbonyl (C=O) groups excluding carboxylic acids is 1. The van der Waals surface area contributed by atoms with Crippen LogP contribution in [0.15, 0.2) is 30.3 Å². The van der Waals surface area contributed by atoms with Gasteiger partial charge in [-0.05, 0) is 49.8 Å². The summed E-state index contributed by atoms with van der Waals surface area (Å²) in [5.41, 5.74) is 3.35. The second-order valence-electron chi connectivity index (χ2n) is 7.23. The molecule has 2 aromatic rings. The van der Waals surface area contributed by atoms with E-state index in [1.54, 1.807) is 0 Å². The number of aryl methyl sites for hydroxylation is 1. The number of nitrogens with one attached hydrogen (secondary N) is 1. The first-order valence-electron chi connectivity index (χ1n) is 9.22. The fourth-order valence-electron chi connectivity index (χ4n) is 4.06. The number of aromatic nitrogens is 2. The maximum absolute atomic E-state index is 12.9. The van der Waals surface area contributed by atoms with Crippen LogP contribution in [-0.4, -0.2) is 40.7 Å². The van der Waals surface area contributed by atoms with Gasteiger partial charge in [0, 0.05) is 31.1 Å². The van der Waals surface area contributed by atoms with E-state index in [1.165, 1.54) is 5.56 Å². The Morgan fingerprint density at radius 1 is 1.36 bits per heavy atom. The lowest BCUT2D eigenvalue weighted by Gasteiger charge is -2.34. The highest BCUT2D eigenvalue weighted by Gasteiger charge is 2.29. The smallest absolute Gasteiger partial charge is 0.223 e. The predicted molar refractivity (Wildman–Crippen MR) is 95.8 cm³/mol. The first-order valence-corrected chi connectivity index (χ1v) is 9.22. The zero-order valence-electron chi connectivity index (χ0n) is 14.7. The lowest BCUT2D eigenvalue weighted by molar-refractivity contribution is -0.133. The Kier molecular flexibility index (Phi) is 4.47. The quantitative estimate of drug-likeness (QED) is 0.932. The number of hydrogen-bond donors (Lipinski definition) is 1. The number of carbonyl (C=O) groups is 1.